The maximum Gasteiger partial charge on any atom is 0.245 e. The number of likely N-dealkylation sites (N-methyl/N-ethyl adjacent to an activating group) is 1. The summed E-state index contributed by atoms with van der Waals surface area (Å²) >= 11 is 0. The van der Waals surface area contributed by atoms with Crippen LogP contribution in [0.4, 0.5) is 0 Å². The van der Waals surface area contributed by atoms with Crippen LogP contribution in [0, 0.1) is 0 Å². The van der Waals surface area contributed by atoms with Gasteiger partial charge < -0.3 is 14.6 Å². The Morgan fingerprint density at radius 1 is 1.50 bits per heavy atom. The summed E-state index contributed by atoms with van der Waals surface area (Å²) in [4.78, 5) is 17.8. The highest BCUT2D eigenvalue weighted by Gasteiger charge is 2.28. The molecule has 20 heavy (non-hydrogen) atoms. The number of piperazine rings is 1. The molecule has 0 aliphatic carbocycles. The van der Waals surface area contributed by atoms with Crippen LogP contribution in [-0.2, 0) is 9.53 Å². The summed E-state index contributed by atoms with van der Waals surface area (Å²) in [5.41, 5.74) is 0. The van der Waals surface area contributed by atoms with Crippen LogP contribution in [0.3, 0.4) is 0 Å². The third-order valence-electron chi connectivity index (χ3n) is 3.65. The van der Waals surface area contributed by atoms with Crippen LogP contribution < -0.4 is 10.6 Å². The zero-order valence-corrected chi connectivity index (χ0v) is 11.5. The van der Waals surface area contributed by atoms with Crippen molar-refractivity contribution in [3.63, 3.8) is 0 Å². The average Bonchev–Trinajstić information content (AvgIpc) is 2.98. The average molecular weight is 281 g/mol. The van der Waals surface area contributed by atoms with Crippen molar-refractivity contribution in [1.29, 1.82) is 0 Å². The fourth-order valence-electron chi connectivity index (χ4n) is 2.41. The van der Waals surface area contributed by atoms with Gasteiger partial charge in [0, 0.05) is 19.6 Å². The fourth-order valence-corrected chi connectivity index (χ4v) is 2.41. The van der Waals surface area contributed by atoms with E-state index in [9.17, 15) is 4.79 Å². The molecule has 1 amide bonds. The van der Waals surface area contributed by atoms with Gasteiger partial charge in [-0.2, -0.15) is 4.98 Å². The molecular weight excluding hydrogens is 262 g/mol. The first kappa shape index (κ1) is 13.5. The van der Waals surface area contributed by atoms with E-state index < -0.39 is 0 Å². The van der Waals surface area contributed by atoms with E-state index in [0.29, 0.717) is 24.9 Å². The lowest BCUT2D eigenvalue weighted by molar-refractivity contribution is -0.121. The lowest BCUT2D eigenvalue weighted by atomic mass is 10.2. The Morgan fingerprint density at radius 2 is 2.40 bits per heavy atom. The van der Waals surface area contributed by atoms with Crippen LogP contribution in [0.1, 0.15) is 30.8 Å². The zero-order chi connectivity index (χ0) is 13.9. The topological polar surface area (TPSA) is 92.5 Å². The summed E-state index contributed by atoms with van der Waals surface area (Å²) in [6.07, 6.45) is -0.139. The minimum atomic E-state index is -0.139. The van der Waals surface area contributed by atoms with Crippen LogP contribution in [0.2, 0.25) is 0 Å². The van der Waals surface area contributed by atoms with E-state index in [1.165, 1.54) is 0 Å². The second-order valence-corrected chi connectivity index (χ2v) is 4.98. The van der Waals surface area contributed by atoms with Crippen molar-refractivity contribution in [2.45, 2.75) is 19.1 Å². The molecule has 0 saturated carbocycles. The van der Waals surface area contributed by atoms with Gasteiger partial charge in [0.1, 0.15) is 12.1 Å². The van der Waals surface area contributed by atoms with Gasteiger partial charge in [-0.05, 0) is 6.54 Å². The zero-order valence-electron chi connectivity index (χ0n) is 11.5. The van der Waals surface area contributed by atoms with Crippen molar-refractivity contribution in [3.05, 3.63) is 11.7 Å². The number of carbonyl (C=O) groups is 1. The van der Waals surface area contributed by atoms with Gasteiger partial charge in [0.15, 0.2) is 0 Å². The van der Waals surface area contributed by atoms with Crippen molar-refractivity contribution in [3.8, 4) is 0 Å². The molecule has 2 N–H and O–H groups in total. The molecule has 0 aromatic carbocycles. The maximum atomic E-state index is 11.1. The standard InChI is InChI=1S/C12H19N5O3/c1-2-17-3-4-19-9(7-17)11-15-12(20-16-11)8-5-14-10(18)6-13-8/h8-9,13H,2-7H2,1H3,(H,14,18). The predicted octanol–water partition coefficient (Wildman–Crippen LogP) is -0.777. The molecule has 2 aliphatic rings. The van der Waals surface area contributed by atoms with Gasteiger partial charge in [-0.1, -0.05) is 12.1 Å². The van der Waals surface area contributed by atoms with Crippen molar-refractivity contribution in [2.75, 3.05) is 39.3 Å². The molecule has 110 valence electrons. The quantitative estimate of drug-likeness (QED) is 0.751. The summed E-state index contributed by atoms with van der Waals surface area (Å²) in [7, 11) is 0. The lowest BCUT2D eigenvalue weighted by Gasteiger charge is -2.30. The van der Waals surface area contributed by atoms with Crippen LogP contribution in [0.5, 0.6) is 0 Å². The third-order valence-corrected chi connectivity index (χ3v) is 3.65. The summed E-state index contributed by atoms with van der Waals surface area (Å²) in [5, 5.41) is 9.84. The monoisotopic (exact) mass is 281 g/mol. The molecule has 8 nitrogen and oxygen atoms in total. The van der Waals surface area contributed by atoms with Gasteiger partial charge >= 0.3 is 0 Å². The van der Waals surface area contributed by atoms with Gasteiger partial charge in [0.05, 0.1) is 13.2 Å². The Bertz CT molecular complexity index is 467. The number of hydrogen-bond donors (Lipinski definition) is 2. The Morgan fingerprint density at radius 3 is 3.15 bits per heavy atom. The second kappa shape index (κ2) is 5.86. The molecule has 0 bridgehead atoms. The summed E-state index contributed by atoms with van der Waals surface area (Å²) < 4.78 is 11.0. The number of nitrogens with one attached hydrogen (secondary N) is 2. The van der Waals surface area contributed by atoms with E-state index in [1.807, 2.05) is 0 Å². The van der Waals surface area contributed by atoms with E-state index >= 15 is 0 Å². The van der Waals surface area contributed by atoms with Crippen molar-refractivity contribution >= 4 is 5.91 Å². The Hall–Kier alpha value is -1.51. The van der Waals surface area contributed by atoms with Gasteiger partial charge in [-0.15, -0.1) is 0 Å². The Labute approximate surface area is 116 Å². The van der Waals surface area contributed by atoms with Gasteiger partial charge in [0.25, 0.3) is 0 Å². The number of aromatic nitrogens is 2. The first-order valence-corrected chi connectivity index (χ1v) is 6.93. The minimum absolute atomic E-state index is 0.0183. The molecule has 3 heterocycles. The first-order chi connectivity index (χ1) is 9.76. The second-order valence-electron chi connectivity index (χ2n) is 4.98. The number of amides is 1. The Balaban J connectivity index is 1.65. The number of ether oxygens (including phenoxy) is 1. The van der Waals surface area contributed by atoms with Crippen molar-refractivity contribution in [2.24, 2.45) is 0 Å². The first-order valence-electron chi connectivity index (χ1n) is 6.93. The van der Waals surface area contributed by atoms with Gasteiger partial charge in [-0.25, -0.2) is 0 Å². The summed E-state index contributed by atoms with van der Waals surface area (Å²) in [6.45, 7) is 6.25. The number of nitrogens with zero attached hydrogens (tertiary/aromatic N) is 3. The third kappa shape index (κ3) is 2.82. The smallest absolute Gasteiger partial charge is 0.245 e. The molecular formula is C12H19N5O3. The number of hydrogen-bond acceptors (Lipinski definition) is 7. The van der Waals surface area contributed by atoms with Gasteiger partial charge in [-0.3, -0.25) is 15.0 Å². The molecule has 2 saturated heterocycles. The van der Waals surface area contributed by atoms with Crippen LogP contribution >= 0.6 is 0 Å². The normalized spacial score (nSPS) is 28.4. The van der Waals surface area contributed by atoms with Crippen LogP contribution in [-0.4, -0.2) is 60.3 Å². The van der Waals surface area contributed by atoms with Crippen LogP contribution in [0.25, 0.3) is 0 Å². The summed E-state index contributed by atoms with van der Waals surface area (Å²) in [6, 6.07) is -0.125. The van der Waals surface area contributed by atoms with E-state index in [4.69, 9.17) is 9.26 Å². The maximum absolute atomic E-state index is 11.1. The van der Waals surface area contributed by atoms with Crippen molar-refractivity contribution in [1.82, 2.24) is 25.7 Å². The highest BCUT2D eigenvalue weighted by molar-refractivity contribution is 5.78. The Kier molecular flexibility index (Phi) is 3.95. The van der Waals surface area contributed by atoms with Crippen LogP contribution in [0.15, 0.2) is 4.52 Å². The van der Waals surface area contributed by atoms with E-state index in [1.54, 1.807) is 0 Å². The molecule has 2 atom stereocenters. The molecule has 0 radical (unpaired) electrons. The predicted molar refractivity (Wildman–Crippen MR) is 68.9 cm³/mol. The lowest BCUT2D eigenvalue weighted by Crippen LogP contribution is -2.47. The highest BCUT2D eigenvalue weighted by atomic mass is 16.5. The molecule has 1 aromatic rings. The minimum Gasteiger partial charge on any atom is -0.367 e. The summed E-state index contributed by atoms with van der Waals surface area (Å²) in [5.74, 6) is 1.06. The molecule has 2 fully saturated rings. The number of carbonyl (C=O) groups excluding carboxylic acids is 1. The largest absolute Gasteiger partial charge is 0.367 e. The molecule has 2 unspecified atom stereocenters. The fraction of sp³-hybridized carbons (Fsp3) is 0.750. The molecule has 3 rings (SSSR count). The molecule has 8 heteroatoms. The SMILES string of the molecule is CCN1CCOC(c2noc(C3CNC(=O)CN3)n2)C1. The van der Waals surface area contributed by atoms with E-state index in [0.717, 1.165) is 19.6 Å². The van der Waals surface area contributed by atoms with E-state index in [2.05, 4.69) is 32.6 Å². The number of morpholine rings is 1. The molecule has 0 spiro atoms. The highest BCUT2D eigenvalue weighted by Crippen LogP contribution is 2.21. The van der Waals surface area contributed by atoms with E-state index in [-0.39, 0.29) is 24.6 Å². The van der Waals surface area contributed by atoms with Gasteiger partial charge in [0.2, 0.25) is 17.6 Å². The number of rotatable bonds is 3. The molecule has 2 aliphatic heterocycles. The molecule has 1 aromatic heterocycles. The van der Waals surface area contributed by atoms with Crippen molar-refractivity contribution < 1.29 is 14.1 Å².